The Bertz CT molecular complexity index is 1580. The lowest BCUT2D eigenvalue weighted by Crippen LogP contribution is -2.23. The fraction of sp³-hybridized carbons (Fsp3) is 0.174. The molecule has 1 N–H and O–H groups in total. The first-order chi connectivity index (χ1) is 18.0. The monoisotopic (exact) mass is 594 g/mol. The SMILES string of the molecule is N#Cc1c(OCC(F)(F)F)ccc(S(=O)(=O)Nc2ccc(S(=O)(=O)c3ccccc3)cc2)c1OCC(F)(F)F. The van der Waals surface area contributed by atoms with Crippen LogP contribution in [0.5, 0.6) is 11.5 Å². The summed E-state index contributed by atoms with van der Waals surface area (Å²) in [6.07, 6.45) is -9.86. The highest BCUT2D eigenvalue weighted by molar-refractivity contribution is 7.93. The highest BCUT2D eigenvalue weighted by atomic mass is 32.2. The number of benzene rings is 3. The van der Waals surface area contributed by atoms with Crippen LogP contribution in [0.4, 0.5) is 32.0 Å². The summed E-state index contributed by atoms with van der Waals surface area (Å²) in [7, 11) is -8.77. The number of anilines is 1. The van der Waals surface area contributed by atoms with Crippen LogP contribution in [0.15, 0.2) is 81.4 Å². The van der Waals surface area contributed by atoms with Crippen LogP contribution in [0.1, 0.15) is 5.56 Å². The van der Waals surface area contributed by atoms with Crippen LogP contribution >= 0.6 is 0 Å². The summed E-state index contributed by atoms with van der Waals surface area (Å²) in [6.45, 7) is -3.98. The van der Waals surface area contributed by atoms with Gasteiger partial charge in [0.15, 0.2) is 19.0 Å². The molecule has 0 heterocycles. The van der Waals surface area contributed by atoms with Crippen molar-refractivity contribution in [2.24, 2.45) is 0 Å². The maximum Gasteiger partial charge on any atom is 0.422 e. The van der Waals surface area contributed by atoms with E-state index in [2.05, 4.69) is 9.47 Å². The van der Waals surface area contributed by atoms with Crippen molar-refractivity contribution in [3.05, 3.63) is 72.3 Å². The van der Waals surface area contributed by atoms with Crippen molar-refractivity contribution in [1.82, 2.24) is 0 Å². The van der Waals surface area contributed by atoms with E-state index in [0.717, 1.165) is 24.3 Å². The summed E-state index contributed by atoms with van der Waals surface area (Å²) in [5, 5.41) is 9.39. The Morgan fingerprint density at radius 3 is 1.82 bits per heavy atom. The van der Waals surface area contributed by atoms with Crippen molar-refractivity contribution in [3.8, 4) is 17.6 Å². The van der Waals surface area contributed by atoms with Gasteiger partial charge in [0.2, 0.25) is 9.84 Å². The maximum atomic E-state index is 13.0. The van der Waals surface area contributed by atoms with E-state index in [-0.39, 0.29) is 15.5 Å². The number of ether oxygens (including phenoxy) is 2. The molecule has 8 nitrogen and oxygen atoms in total. The lowest BCUT2D eigenvalue weighted by atomic mass is 10.2. The van der Waals surface area contributed by atoms with Crippen LogP contribution in [0, 0.1) is 11.3 Å². The number of nitriles is 1. The van der Waals surface area contributed by atoms with Crippen molar-refractivity contribution in [3.63, 3.8) is 0 Å². The normalized spacial score (nSPS) is 12.4. The molecular weight excluding hydrogens is 578 g/mol. The van der Waals surface area contributed by atoms with E-state index in [1.165, 1.54) is 30.3 Å². The molecule has 3 aromatic carbocycles. The van der Waals surface area contributed by atoms with Crippen molar-refractivity contribution >= 4 is 25.5 Å². The number of nitrogens with one attached hydrogen (secondary N) is 1. The molecular formula is C23H16F6N2O6S2. The van der Waals surface area contributed by atoms with Gasteiger partial charge in [0.25, 0.3) is 10.0 Å². The third-order valence-corrected chi connectivity index (χ3v) is 7.92. The Morgan fingerprint density at radius 2 is 1.28 bits per heavy atom. The van der Waals surface area contributed by atoms with Crippen molar-refractivity contribution in [2.75, 3.05) is 17.9 Å². The number of sulfone groups is 1. The zero-order chi connectivity index (χ0) is 29.1. The highest BCUT2D eigenvalue weighted by Crippen LogP contribution is 2.37. The molecule has 208 valence electrons. The summed E-state index contributed by atoms with van der Waals surface area (Å²) >= 11 is 0. The molecule has 3 aromatic rings. The van der Waals surface area contributed by atoms with Gasteiger partial charge in [-0.05, 0) is 48.5 Å². The van der Waals surface area contributed by atoms with Crippen molar-refractivity contribution < 1.29 is 52.7 Å². The van der Waals surface area contributed by atoms with E-state index in [1.54, 1.807) is 6.07 Å². The number of sulfonamides is 1. The smallest absolute Gasteiger partial charge is 0.422 e. The van der Waals surface area contributed by atoms with Crippen LogP contribution < -0.4 is 14.2 Å². The topological polar surface area (TPSA) is 123 Å². The molecule has 0 aromatic heterocycles. The van der Waals surface area contributed by atoms with Crippen LogP contribution in [0.25, 0.3) is 0 Å². The molecule has 16 heteroatoms. The van der Waals surface area contributed by atoms with E-state index < -0.39 is 67.4 Å². The average Bonchev–Trinajstić information content (AvgIpc) is 2.85. The second-order valence-corrected chi connectivity index (χ2v) is 11.2. The Morgan fingerprint density at radius 1 is 0.744 bits per heavy atom. The minimum Gasteiger partial charge on any atom is -0.483 e. The predicted octanol–water partition coefficient (Wildman–Crippen LogP) is 5.07. The molecule has 39 heavy (non-hydrogen) atoms. The number of hydrogen-bond donors (Lipinski definition) is 1. The molecule has 0 spiro atoms. The van der Waals surface area contributed by atoms with E-state index in [9.17, 15) is 48.4 Å². The van der Waals surface area contributed by atoms with Gasteiger partial charge >= 0.3 is 12.4 Å². The minimum atomic E-state index is -5.00. The molecule has 0 unspecified atom stereocenters. The van der Waals surface area contributed by atoms with Crippen molar-refractivity contribution in [2.45, 2.75) is 27.0 Å². The summed E-state index contributed by atoms with van der Waals surface area (Å²) in [5.74, 6) is -2.05. The van der Waals surface area contributed by atoms with Gasteiger partial charge in [0.1, 0.15) is 22.3 Å². The summed E-state index contributed by atoms with van der Waals surface area (Å²) in [5.41, 5.74) is -1.24. The van der Waals surface area contributed by atoms with Crippen LogP contribution in [0.3, 0.4) is 0 Å². The Hall–Kier alpha value is -3.97. The molecule has 0 saturated carbocycles. The second kappa shape index (κ2) is 11.0. The van der Waals surface area contributed by atoms with Gasteiger partial charge in [-0.15, -0.1) is 0 Å². The van der Waals surface area contributed by atoms with Gasteiger partial charge in [0.05, 0.1) is 9.79 Å². The summed E-state index contributed by atoms with van der Waals surface area (Å²) in [4.78, 5) is -1.23. The third-order valence-electron chi connectivity index (χ3n) is 4.73. The van der Waals surface area contributed by atoms with E-state index in [1.807, 2.05) is 4.72 Å². The lowest BCUT2D eigenvalue weighted by Gasteiger charge is -2.18. The van der Waals surface area contributed by atoms with Crippen LogP contribution in [0.2, 0.25) is 0 Å². The molecule has 0 aliphatic carbocycles. The Kier molecular flexibility index (Phi) is 8.36. The van der Waals surface area contributed by atoms with Gasteiger partial charge in [-0.1, -0.05) is 18.2 Å². The van der Waals surface area contributed by atoms with Crippen molar-refractivity contribution in [1.29, 1.82) is 5.26 Å². The average molecular weight is 595 g/mol. The number of nitrogens with zero attached hydrogens (tertiary/aromatic N) is 1. The van der Waals surface area contributed by atoms with E-state index in [4.69, 9.17) is 0 Å². The Labute approximate surface area is 218 Å². The van der Waals surface area contributed by atoms with E-state index >= 15 is 0 Å². The molecule has 0 saturated heterocycles. The number of alkyl halides is 6. The van der Waals surface area contributed by atoms with Crippen LogP contribution in [-0.2, 0) is 19.9 Å². The Balaban J connectivity index is 1.98. The molecule has 0 amide bonds. The lowest BCUT2D eigenvalue weighted by molar-refractivity contribution is -0.154. The first kappa shape index (κ1) is 29.6. The second-order valence-electron chi connectivity index (χ2n) is 7.63. The molecule has 0 atom stereocenters. The molecule has 0 aliphatic heterocycles. The summed E-state index contributed by atoms with van der Waals surface area (Å²) < 4.78 is 139. The van der Waals surface area contributed by atoms with Gasteiger partial charge < -0.3 is 9.47 Å². The first-order valence-corrected chi connectivity index (χ1v) is 13.4. The van der Waals surface area contributed by atoms with Gasteiger partial charge in [-0.2, -0.15) is 31.6 Å². The number of halogens is 6. The van der Waals surface area contributed by atoms with Gasteiger partial charge in [-0.3, -0.25) is 4.72 Å². The maximum absolute atomic E-state index is 13.0. The largest absolute Gasteiger partial charge is 0.483 e. The zero-order valence-corrected chi connectivity index (χ0v) is 20.9. The quantitative estimate of drug-likeness (QED) is 0.343. The number of rotatable bonds is 9. The zero-order valence-electron chi connectivity index (χ0n) is 19.2. The van der Waals surface area contributed by atoms with Gasteiger partial charge in [0, 0.05) is 5.69 Å². The van der Waals surface area contributed by atoms with Crippen LogP contribution in [-0.4, -0.2) is 42.4 Å². The standard InChI is InChI=1S/C23H16F6N2O6S2/c24-22(25,26)13-36-19-10-11-20(21(18(19)12-30)37-14-23(27,28)29)39(34,35)31-15-6-8-17(9-7-15)38(32,33)16-4-2-1-3-5-16/h1-11,31H,13-14H2. The fourth-order valence-electron chi connectivity index (χ4n) is 3.09. The van der Waals surface area contributed by atoms with Gasteiger partial charge in [-0.25, -0.2) is 16.8 Å². The summed E-state index contributed by atoms with van der Waals surface area (Å²) in [6, 6.07) is 14.2. The third kappa shape index (κ3) is 7.54. The number of hydrogen-bond acceptors (Lipinski definition) is 7. The molecule has 0 radical (unpaired) electrons. The first-order valence-electron chi connectivity index (χ1n) is 10.4. The molecule has 3 rings (SSSR count). The molecule has 0 fully saturated rings. The molecule has 0 aliphatic rings. The van der Waals surface area contributed by atoms with E-state index in [0.29, 0.717) is 12.1 Å². The predicted molar refractivity (Wildman–Crippen MR) is 123 cm³/mol. The fourth-order valence-corrected chi connectivity index (χ4v) is 5.58. The molecule has 0 bridgehead atoms. The minimum absolute atomic E-state index is 0.0262. The highest BCUT2D eigenvalue weighted by Gasteiger charge is 2.34.